The number of hydrogen-bond acceptors (Lipinski definition) is 3. The SMILES string of the molecule is [c]1cccc2nnncc12. The fourth-order valence-electron chi connectivity index (χ4n) is 0.789. The van der Waals surface area contributed by atoms with Crippen molar-refractivity contribution in [2.75, 3.05) is 0 Å². The molecule has 3 heteroatoms. The molecule has 2 rings (SSSR count). The van der Waals surface area contributed by atoms with E-state index in [1.807, 2.05) is 18.2 Å². The highest BCUT2D eigenvalue weighted by atomic mass is 15.3. The minimum absolute atomic E-state index is 0.831. The van der Waals surface area contributed by atoms with Gasteiger partial charge in [-0.2, -0.15) is 0 Å². The van der Waals surface area contributed by atoms with Crippen LogP contribution in [0.5, 0.6) is 0 Å². The van der Waals surface area contributed by atoms with Crippen LogP contribution in [0.3, 0.4) is 0 Å². The maximum absolute atomic E-state index is 3.79. The van der Waals surface area contributed by atoms with Crippen molar-refractivity contribution >= 4 is 10.9 Å². The fourth-order valence-corrected chi connectivity index (χ4v) is 0.789. The van der Waals surface area contributed by atoms with Crippen molar-refractivity contribution in [3.63, 3.8) is 0 Å². The average molecular weight is 130 g/mol. The first-order valence-corrected chi connectivity index (χ1v) is 2.91. The molecule has 0 saturated carbocycles. The van der Waals surface area contributed by atoms with Gasteiger partial charge in [-0.3, -0.25) is 0 Å². The molecule has 1 heterocycles. The van der Waals surface area contributed by atoms with Crippen LogP contribution < -0.4 is 0 Å². The Morgan fingerprint density at radius 2 is 2.40 bits per heavy atom. The highest BCUT2D eigenvalue weighted by Crippen LogP contribution is 2.04. The van der Waals surface area contributed by atoms with Crippen molar-refractivity contribution < 1.29 is 0 Å². The summed E-state index contributed by atoms with van der Waals surface area (Å²) >= 11 is 0. The fraction of sp³-hybridized carbons (Fsp3) is 0. The van der Waals surface area contributed by atoms with Crippen LogP contribution in [-0.4, -0.2) is 15.4 Å². The predicted molar refractivity (Wildman–Crippen MR) is 36.2 cm³/mol. The van der Waals surface area contributed by atoms with Crippen molar-refractivity contribution in [1.82, 2.24) is 15.4 Å². The van der Waals surface area contributed by atoms with Crippen LogP contribution in [0.15, 0.2) is 24.4 Å². The molecule has 0 aliphatic heterocycles. The lowest BCUT2D eigenvalue weighted by Gasteiger charge is -1.88. The van der Waals surface area contributed by atoms with Crippen LogP contribution in [0, 0.1) is 6.07 Å². The smallest absolute Gasteiger partial charge is 0.0969 e. The normalized spacial score (nSPS) is 10.0. The standard InChI is InChI=1S/C7H4N3/c1-2-4-7-6(3-1)5-8-10-9-7/h1-2,4-5H. The summed E-state index contributed by atoms with van der Waals surface area (Å²) in [5.41, 5.74) is 0.831. The minimum Gasteiger partial charge on any atom is -0.138 e. The second-order valence-electron chi connectivity index (χ2n) is 1.90. The summed E-state index contributed by atoms with van der Waals surface area (Å²) < 4.78 is 0. The van der Waals surface area contributed by atoms with Gasteiger partial charge in [-0.05, 0) is 17.3 Å². The van der Waals surface area contributed by atoms with Gasteiger partial charge in [0.25, 0.3) is 0 Å². The molecule has 1 radical (unpaired) electrons. The van der Waals surface area contributed by atoms with Crippen LogP contribution >= 0.6 is 0 Å². The predicted octanol–water partition coefficient (Wildman–Crippen LogP) is 0.825. The van der Waals surface area contributed by atoms with E-state index in [0.717, 1.165) is 10.9 Å². The zero-order chi connectivity index (χ0) is 6.81. The Labute approximate surface area is 57.7 Å². The Kier molecular flexibility index (Phi) is 1.07. The molecule has 0 bridgehead atoms. The van der Waals surface area contributed by atoms with Crippen LogP contribution in [-0.2, 0) is 0 Å². The van der Waals surface area contributed by atoms with Crippen LogP contribution in [0.4, 0.5) is 0 Å². The number of aromatic nitrogens is 3. The molecule has 0 aliphatic carbocycles. The van der Waals surface area contributed by atoms with Crippen molar-refractivity contribution in [3.8, 4) is 0 Å². The van der Waals surface area contributed by atoms with Gasteiger partial charge >= 0.3 is 0 Å². The van der Waals surface area contributed by atoms with E-state index in [0.29, 0.717) is 0 Å². The zero-order valence-electron chi connectivity index (χ0n) is 5.15. The summed E-state index contributed by atoms with van der Waals surface area (Å²) in [4.78, 5) is 0. The quantitative estimate of drug-likeness (QED) is 0.530. The topological polar surface area (TPSA) is 38.7 Å². The Morgan fingerprint density at radius 3 is 3.30 bits per heavy atom. The van der Waals surface area contributed by atoms with Gasteiger partial charge in [-0.15, -0.1) is 10.2 Å². The van der Waals surface area contributed by atoms with E-state index >= 15 is 0 Å². The van der Waals surface area contributed by atoms with Crippen molar-refractivity contribution in [1.29, 1.82) is 0 Å². The molecule has 0 atom stereocenters. The molecule has 2 aromatic rings. The van der Waals surface area contributed by atoms with Gasteiger partial charge in [0.05, 0.1) is 11.7 Å². The highest BCUT2D eigenvalue weighted by molar-refractivity contribution is 5.75. The van der Waals surface area contributed by atoms with E-state index in [9.17, 15) is 0 Å². The monoisotopic (exact) mass is 130 g/mol. The van der Waals surface area contributed by atoms with E-state index in [1.165, 1.54) is 0 Å². The van der Waals surface area contributed by atoms with Crippen LogP contribution in [0.1, 0.15) is 0 Å². The molecule has 47 valence electrons. The van der Waals surface area contributed by atoms with Gasteiger partial charge in [0.1, 0.15) is 0 Å². The van der Waals surface area contributed by atoms with Gasteiger partial charge in [0.15, 0.2) is 0 Å². The van der Waals surface area contributed by atoms with Gasteiger partial charge in [0.2, 0.25) is 0 Å². The van der Waals surface area contributed by atoms with Gasteiger partial charge in [-0.25, -0.2) is 0 Å². The first kappa shape index (κ1) is 5.29. The highest BCUT2D eigenvalue weighted by Gasteiger charge is 1.89. The molecule has 0 fully saturated rings. The molecule has 0 amide bonds. The molecule has 0 N–H and O–H groups in total. The van der Waals surface area contributed by atoms with Gasteiger partial charge < -0.3 is 0 Å². The van der Waals surface area contributed by atoms with Crippen molar-refractivity contribution in [2.45, 2.75) is 0 Å². The second-order valence-corrected chi connectivity index (χ2v) is 1.90. The first-order chi connectivity index (χ1) is 4.97. The molecule has 0 aliphatic rings. The molecule has 1 aromatic heterocycles. The number of rotatable bonds is 0. The summed E-state index contributed by atoms with van der Waals surface area (Å²) in [6.07, 6.45) is 1.64. The molecular formula is C7H4N3. The maximum Gasteiger partial charge on any atom is 0.0969 e. The summed E-state index contributed by atoms with van der Waals surface area (Å²) in [7, 11) is 0. The van der Waals surface area contributed by atoms with Crippen molar-refractivity contribution in [2.24, 2.45) is 0 Å². The first-order valence-electron chi connectivity index (χ1n) is 2.91. The molecular weight excluding hydrogens is 126 g/mol. The number of hydrogen-bond donors (Lipinski definition) is 0. The van der Waals surface area contributed by atoms with E-state index in [1.54, 1.807) is 6.20 Å². The van der Waals surface area contributed by atoms with Gasteiger partial charge in [0, 0.05) is 5.39 Å². The van der Waals surface area contributed by atoms with E-state index in [2.05, 4.69) is 21.5 Å². The maximum atomic E-state index is 3.79. The average Bonchev–Trinajstić information content (AvgIpc) is 2.05. The van der Waals surface area contributed by atoms with Crippen molar-refractivity contribution in [3.05, 3.63) is 30.5 Å². The molecule has 3 nitrogen and oxygen atoms in total. The third kappa shape index (κ3) is 0.719. The molecule has 0 saturated heterocycles. The lowest BCUT2D eigenvalue weighted by atomic mass is 10.2. The lowest BCUT2D eigenvalue weighted by Crippen LogP contribution is -1.85. The Balaban J connectivity index is 2.89. The molecule has 0 unspecified atom stereocenters. The third-order valence-corrected chi connectivity index (χ3v) is 1.26. The van der Waals surface area contributed by atoms with Crippen LogP contribution in [0.25, 0.3) is 10.9 Å². The molecule has 1 aromatic carbocycles. The van der Waals surface area contributed by atoms with E-state index < -0.39 is 0 Å². The van der Waals surface area contributed by atoms with E-state index in [4.69, 9.17) is 0 Å². The van der Waals surface area contributed by atoms with Gasteiger partial charge in [-0.1, -0.05) is 12.1 Å². The molecule has 0 spiro atoms. The summed E-state index contributed by atoms with van der Waals surface area (Å²) in [5, 5.41) is 11.8. The Morgan fingerprint density at radius 1 is 1.40 bits per heavy atom. The Bertz CT molecular complexity index is 280. The summed E-state index contributed by atoms with van der Waals surface area (Å²) in [6.45, 7) is 0. The van der Waals surface area contributed by atoms with E-state index in [-0.39, 0.29) is 0 Å². The third-order valence-electron chi connectivity index (χ3n) is 1.26. The number of nitrogens with zero attached hydrogens (tertiary/aromatic N) is 3. The second kappa shape index (κ2) is 2.02. The summed E-state index contributed by atoms with van der Waals surface area (Å²) in [6, 6.07) is 8.56. The molecule has 10 heavy (non-hydrogen) atoms. The van der Waals surface area contributed by atoms with Crippen LogP contribution in [0.2, 0.25) is 0 Å². The largest absolute Gasteiger partial charge is 0.138 e. The lowest BCUT2D eigenvalue weighted by molar-refractivity contribution is 0.895. The number of fused-ring (bicyclic) bond motifs is 1. The summed E-state index contributed by atoms with van der Waals surface area (Å²) in [5.74, 6) is 0. The zero-order valence-corrected chi connectivity index (χ0v) is 5.15. The minimum atomic E-state index is 0.831. The number of benzene rings is 1. The Hall–Kier alpha value is -1.51.